The molecule has 188 valence electrons. The van der Waals surface area contributed by atoms with Crippen LogP contribution in [0, 0.1) is 11.7 Å². The van der Waals surface area contributed by atoms with Crippen LogP contribution in [0.15, 0.2) is 50.3 Å². The second-order valence-electron chi connectivity index (χ2n) is 8.52. The Morgan fingerprint density at radius 3 is 2.60 bits per heavy atom. The average Bonchev–Trinajstić information content (AvgIpc) is 3.19. The van der Waals surface area contributed by atoms with E-state index in [2.05, 4.69) is 9.71 Å². The predicted octanol–water partition coefficient (Wildman–Crippen LogP) is 2.87. The number of halogens is 1. The summed E-state index contributed by atoms with van der Waals surface area (Å²) in [4.78, 5) is 14.7. The quantitative estimate of drug-likeness (QED) is 0.551. The van der Waals surface area contributed by atoms with Gasteiger partial charge in [0.15, 0.2) is 5.84 Å². The van der Waals surface area contributed by atoms with Crippen molar-refractivity contribution >= 4 is 47.9 Å². The monoisotopic (exact) mass is 541 g/mol. The number of fused-ring (bicyclic) bond motifs is 1. The van der Waals surface area contributed by atoms with E-state index in [-0.39, 0.29) is 52.3 Å². The number of sulfone groups is 1. The summed E-state index contributed by atoms with van der Waals surface area (Å²) in [7, 11) is -7.57. The fourth-order valence-electron chi connectivity index (χ4n) is 4.02. The van der Waals surface area contributed by atoms with Crippen LogP contribution in [0.5, 0.6) is 0 Å². The molecule has 1 amide bonds. The van der Waals surface area contributed by atoms with Crippen molar-refractivity contribution in [1.29, 1.82) is 0 Å². The van der Waals surface area contributed by atoms with Gasteiger partial charge in [-0.15, -0.1) is 15.7 Å². The molecular formula is C22H24FN3O6S3. The number of amides is 1. The van der Waals surface area contributed by atoms with E-state index in [0.29, 0.717) is 17.5 Å². The number of hydrogen-bond acceptors (Lipinski definition) is 8. The van der Waals surface area contributed by atoms with Crippen LogP contribution in [-0.4, -0.2) is 57.1 Å². The normalized spacial score (nSPS) is 19.9. The maximum absolute atomic E-state index is 13.4. The third-order valence-electron chi connectivity index (χ3n) is 5.86. The lowest BCUT2D eigenvalue weighted by molar-refractivity contribution is -0.129. The maximum atomic E-state index is 13.4. The number of benzene rings is 1. The third-order valence-corrected chi connectivity index (χ3v) is 9.29. The predicted molar refractivity (Wildman–Crippen MR) is 131 cm³/mol. The van der Waals surface area contributed by atoms with Crippen LogP contribution in [-0.2, 0) is 37.6 Å². The van der Waals surface area contributed by atoms with Crippen LogP contribution >= 0.6 is 11.3 Å². The van der Waals surface area contributed by atoms with Gasteiger partial charge in [-0.1, -0.05) is 19.1 Å². The van der Waals surface area contributed by atoms with E-state index in [1.54, 1.807) is 17.5 Å². The lowest BCUT2D eigenvalue weighted by Crippen LogP contribution is -2.45. The van der Waals surface area contributed by atoms with Gasteiger partial charge in [-0.2, -0.15) is 8.42 Å². The molecule has 0 aliphatic carbocycles. The van der Waals surface area contributed by atoms with Crippen LogP contribution in [0.4, 0.5) is 9.39 Å². The average molecular weight is 542 g/mol. The minimum absolute atomic E-state index is 0.00661. The zero-order chi connectivity index (χ0) is 25.5. The van der Waals surface area contributed by atoms with Gasteiger partial charge >= 0.3 is 0 Å². The Hall–Kier alpha value is -2.77. The summed E-state index contributed by atoms with van der Waals surface area (Å²) in [6, 6.07) is 5.68. The number of aryl methyl sites for hydroxylation is 1. The number of amidine groups is 1. The molecule has 2 N–H and O–H groups in total. The topological polar surface area (TPSA) is 133 Å². The molecule has 4 rings (SSSR count). The van der Waals surface area contributed by atoms with Crippen molar-refractivity contribution in [1.82, 2.24) is 4.90 Å². The molecule has 0 saturated heterocycles. The largest absolute Gasteiger partial charge is 0.511 e. The molecule has 2 aromatic rings. The summed E-state index contributed by atoms with van der Waals surface area (Å²) < 4.78 is 66.3. The highest BCUT2D eigenvalue weighted by molar-refractivity contribution is 7.91. The number of aliphatic hydroxyl groups excluding tert-OH is 1. The molecule has 0 radical (unpaired) electrons. The molecule has 0 fully saturated rings. The number of rotatable bonds is 7. The fourth-order valence-corrected chi connectivity index (χ4v) is 7.28. The molecule has 1 aromatic carbocycles. The fraction of sp³-hybridized carbons (Fsp3) is 0.364. The molecule has 0 spiro atoms. The van der Waals surface area contributed by atoms with E-state index in [4.69, 9.17) is 0 Å². The molecular weight excluding hydrogens is 517 g/mol. The smallest absolute Gasteiger partial charge is 0.287 e. The highest BCUT2D eigenvalue weighted by atomic mass is 32.2. The summed E-state index contributed by atoms with van der Waals surface area (Å²) in [5.41, 5.74) is 0.770. The number of thiophene rings is 1. The summed E-state index contributed by atoms with van der Waals surface area (Å²) >= 11 is 1.06. The standard InChI is InChI=1S/C22H24FN3O6S3/c1-3-14-11-26(10-13-4-6-16(23)7-5-13)22(28)17(18(14)27)20-24-21-19(35(31,32)25-20)15(12-33-21)8-9-34(2,29)30/h4-7,12,14,27H,3,8-11H2,1-2H3,(H,24,25). The lowest BCUT2D eigenvalue weighted by atomic mass is 9.93. The first-order chi connectivity index (χ1) is 16.4. The Bertz CT molecular complexity index is 1440. The lowest BCUT2D eigenvalue weighted by Gasteiger charge is -2.34. The van der Waals surface area contributed by atoms with Crippen molar-refractivity contribution < 1.29 is 31.1 Å². The van der Waals surface area contributed by atoms with E-state index in [1.807, 2.05) is 6.92 Å². The molecule has 0 bridgehead atoms. The number of aliphatic hydroxyl groups is 1. The number of anilines is 1. The van der Waals surface area contributed by atoms with E-state index >= 15 is 0 Å². The van der Waals surface area contributed by atoms with Crippen molar-refractivity contribution in [2.75, 3.05) is 23.9 Å². The minimum Gasteiger partial charge on any atom is -0.511 e. The molecule has 1 unspecified atom stereocenters. The van der Waals surface area contributed by atoms with E-state index < -0.39 is 37.5 Å². The first-order valence-corrected chi connectivity index (χ1v) is 15.1. The van der Waals surface area contributed by atoms with Crippen LogP contribution < -0.4 is 5.32 Å². The van der Waals surface area contributed by atoms with Gasteiger partial charge in [-0.25, -0.2) is 12.8 Å². The third kappa shape index (κ3) is 5.26. The number of nitrogens with zero attached hydrogens (tertiary/aromatic N) is 2. The van der Waals surface area contributed by atoms with Crippen LogP contribution in [0.25, 0.3) is 0 Å². The number of hydrogen-bond donors (Lipinski definition) is 2. The van der Waals surface area contributed by atoms with Crippen molar-refractivity contribution in [3.8, 4) is 0 Å². The van der Waals surface area contributed by atoms with Gasteiger partial charge in [0.05, 0.1) is 5.75 Å². The SMILES string of the molecule is CCC1CN(Cc2ccc(F)cc2)C(=O)C(C2=NS(=O)(=O)c3c(CCS(C)(=O)=O)csc3N2)=C1O. The Morgan fingerprint density at radius 2 is 1.97 bits per heavy atom. The van der Waals surface area contributed by atoms with Gasteiger partial charge in [0.2, 0.25) is 0 Å². The molecule has 9 nitrogen and oxygen atoms in total. The first kappa shape index (κ1) is 25.3. The zero-order valence-electron chi connectivity index (χ0n) is 19.0. The second kappa shape index (κ2) is 9.36. The molecule has 1 atom stereocenters. The summed E-state index contributed by atoms with van der Waals surface area (Å²) in [5, 5.41) is 15.5. The first-order valence-electron chi connectivity index (χ1n) is 10.8. The van der Waals surface area contributed by atoms with Gasteiger partial charge in [0.25, 0.3) is 15.9 Å². The van der Waals surface area contributed by atoms with Gasteiger partial charge in [0, 0.05) is 25.3 Å². The molecule has 3 heterocycles. The van der Waals surface area contributed by atoms with Gasteiger partial charge in [-0.3, -0.25) is 4.79 Å². The number of sulfonamides is 1. The van der Waals surface area contributed by atoms with Crippen molar-refractivity contribution in [2.24, 2.45) is 10.3 Å². The Balaban J connectivity index is 1.68. The molecule has 2 aliphatic rings. The van der Waals surface area contributed by atoms with Crippen molar-refractivity contribution in [2.45, 2.75) is 31.2 Å². The Labute approximate surface area is 207 Å². The molecule has 1 aromatic heterocycles. The summed E-state index contributed by atoms with van der Waals surface area (Å²) in [6.07, 6.45) is 1.57. The van der Waals surface area contributed by atoms with Crippen molar-refractivity contribution in [3.05, 3.63) is 57.9 Å². The van der Waals surface area contributed by atoms with Crippen LogP contribution in [0.2, 0.25) is 0 Å². The highest BCUT2D eigenvalue weighted by Gasteiger charge is 2.39. The molecule has 35 heavy (non-hydrogen) atoms. The highest BCUT2D eigenvalue weighted by Crippen LogP contribution is 2.39. The summed E-state index contributed by atoms with van der Waals surface area (Å²) in [6.45, 7) is 2.19. The van der Waals surface area contributed by atoms with Gasteiger partial charge in [0.1, 0.15) is 36.9 Å². The minimum atomic E-state index is -4.26. The summed E-state index contributed by atoms with van der Waals surface area (Å²) in [5.74, 6) is -2.19. The molecule has 0 saturated carbocycles. The van der Waals surface area contributed by atoms with Crippen LogP contribution in [0.3, 0.4) is 0 Å². The van der Waals surface area contributed by atoms with E-state index in [9.17, 15) is 31.1 Å². The zero-order valence-corrected chi connectivity index (χ0v) is 21.4. The number of nitrogens with one attached hydrogen (secondary N) is 1. The number of carbonyl (C=O) groups is 1. The Kier molecular flexibility index (Phi) is 6.77. The van der Waals surface area contributed by atoms with Gasteiger partial charge in [-0.05, 0) is 41.5 Å². The molecule has 13 heteroatoms. The maximum Gasteiger partial charge on any atom is 0.287 e. The van der Waals surface area contributed by atoms with E-state index in [1.165, 1.54) is 17.0 Å². The Morgan fingerprint density at radius 1 is 1.29 bits per heavy atom. The van der Waals surface area contributed by atoms with Crippen molar-refractivity contribution in [3.63, 3.8) is 0 Å². The second-order valence-corrected chi connectivity index (χ2v) is 13.2. The number of carbonyl (C=O) groups excluding carboxylic acids is 1. The van der Waals surface area contributed by atoms with E-state index in [0.717, 1.165) is 17.6 Å². The van der Waals surface area contributed by atoms with Gasteiger partial charge < -0.3 is 15.3 Å². The van der Waals surface area contributed by atoms with Crippen LogP contribution in [0.1, 0.15) is 24.5 Å². The molecule has 2 aliphatic heterocycles.